The molecule has 0 aliphatic rings. The molecule has 0 atom stereocenters. The number of rotatable bonds is 4. The topological polar surface area (TPSA) is 35.2 Å². The fourth-order valence-corrected chi connectivity index (χ4v) is 1.64. The van der Waals surface area contributed by atoms with Crippen molar-refractivity contribution in [2.24, 2.45) is 5.73 Å². The van der Waals surface area contributed by atoms with Gasteiger partial charge in [0.25, 0.3) is 0 Å². The summed E-state index contributed by atoms with van der Waals surface area (Å²) < 4.78 is 5.27. The summed E-state index contributed by atoms with van der Waals surface area (Å²) in [5, 5.41) is 0. The van der Waals surface area contributed by atoms with Gasteiger partial charge in [0.05, 0.1) is 7.11 Å². The molecule has 2 N–H and O–H groups in total. The highest BCUT2D eigenvalue weighted by Gasteiger charge is 2.02. The molecule has 0 spiro atoms. The Morgan fingerprint density at radius 1 is 1.43 bits per heavy atom. The third kappa shape index (κ3) is 3.40. The zero-order valence-corrected chi connectivity index (χ0v) is 10.1. The van der Waals surface area contributed by atoms with Crippen molar-refractivity contribution in [3.8, 4) is 5.75 Å². The Morgan fingerprint density at radius 2 is 2.14 bits per heavy atom. The van der Waals surface area contributed by atoms with Crippen LogP contribution in [-0.2, 0) is 6.42 Å². The fourth-order valence-electron chi connectivity index (χ4n) is 1.21. The van der Waals surface area contributed by atoms with E-state index >= 15 is 0 Å². The van der Waals surface area contributed by atoms with Gasteiger partial charge in [-0.1, -0.05) is 6.07 Å². The van der Waals surface area contributed by atoms with Crippen molar-refractivity contribution in [2.45, 2.75) is 11.3 Å². The zero-order chi connectivity index (χ0) is 9.68. The summed E-state index contributed by atoms with van der Waals surface area (Å²) in [5.74, 6) is 0.942. The van der Waals surface area contributed by atoms with Gasteiger partial charge in [0.15, 0.2) is 0 Å². The predicted octanol–water partition coefficient (Wildman–Crippen LogP) is 2.34. The molecule has 0 heterocycles. The van der Waals surface area contributed by atoms with E-state index in [1.165, 1.54) is 10.5 Å². The second-order valence-corrected chi connectivity index (χ2v) is 3.60. The van der Waals surface area contributed by atoms with E-state index < -0.39 is 0 Å². The van der Waals surface area contributed by atoms with Gasteiger partial charge < -0.3 is 10.5 Å². The van der Waals surface area contributed by atoms with Gasteiger partial charge in [0, 0.05) is 4.90 Å². The third-order valence-corrected chi connectivity index (χ3v) is 2.63. The molecule has 1 rings (SSSR count). The zero-order valence-electron chi connectivity index (χ0n) is 8.45. The summed E-state index contributed by atoms with van der Waals surface area (Å²) in [7, 11) is 1.69. The highest BCUT2D eigenvalue weighted by Crippen LogP contribution is 2.25. The molecule has 0 aromatic heterocycles. The molecule has 14 heavy (non-hydrogen) atoms. The average molecular weight is 234 g/mol. The Labute approximate surface area is 95.6 Å². The van der Waals surface area contributed by atoms with Gasteiger partial charge in [-0.25, -0.2) is 0 Å². The average Bonchev–Trinajstić information content (AvgIpc) is 2.19. The number of halogens is 1. The number of benzene rings is 1. The SMILES string of the molecule is COc1cc(SC)ccc1CCN.Cl. The maximum absolute atomic E-state index is 5.49. The minimum absolute atomic E-state index is 0. The first-order chi connectivity index (χ1) is 6.31. The van der Waals surface area contributed by atoms with E-state index in [2.05, 4.69) is 24.5 Å². The van der Waals surface area contributed by atoms with Crippen LogP contribution < -0.4 is 10.5 Å². The Morgan fingerprint density at radius 3 is 2.64 bits per heavy atom. The Bertz CT molecular complexity index is 281. The van der Waals surface area contributed by atoms with Crippen LogP contribution in [0.5, 0.6) is 5.75 Å². The minimum atomic E-state index is 0. The van der Waals surface area contributed by atoms with Crippen molar-refractivity contribution in [3.63, 3.8) is 0 Å². The normalized spacial score (nSPS) is 9.36. The van der Waals surface area contributed by atoms with Crippen LogP contribution in [0, 0.1) is 0 Å². The molecule has 0 amide bonds. The van der Waals surface area contributed by atoms with Gasteiger partial charge in [0.1, 0.15) is 5.75 Å². The van der Waals surface area contributed by atoms with Crippen LogP contribution in [0.25, 0.3) is 0 Å². The number of hydrogen-bond donors (Lipinski definition) is 1. The summed E-state index contributed by atoms with van der Waals surface area (Å²) in [4.78, 5) is 1.22. The van der Waals surface area contributed by atoms with Crippen molar-refractivity contribution in [2.75, 3.05) is 19.9 Å². The molecule has 0 bridgehead atoms. The van der Waals surface area contributed by atoms with Crippen molar-refractivity contribution in [1.29, 1.82) is 0 Å². The van der Waals surface area contributed by atoms with Crippen LogP contribution in [0.1, 0.15) is 5.56 Å². The molecule has 1 aromatic carbocycles. The molecule has 0 aliphatic carbocycles. The number of hydrogen-bond acceptors (Lipinski definition) is 3. The summed E-state index contributed by atoms with van der Waals surface area (Å²) in [5.41, 5.74) is 6.68. The van der Waals surface area contributed by atoms with Crippen LogP contribution in [-0.4, -0.2) is 19.9 Å². The maximum atomic E-state index is 5.49. The number of ether oxygens (including phenoxy) is 1. The number of thioether (sulfide) groups is 1. The smallest absolute Gasteiger partial charge is 0.123 e. The summed E-state index contributed by atoms with van der Waals surface area (Å²) in [6.45, 7) is 0.662. The molecule has 0 saturated heterocycles. The molecular weight excluding hydrogens is 218 g/mol. The minimum Gasteiger partial charge on any atom is -0.496 e. The van der Waals surface area contributed by atoms with Gasteiger partial charge in [-0.2, -0.15) is 0 Å². The van der Waals surface area contributed by atoms with Crippen molar-refractivity contribution < 1.29 is 4.74 Å². The summed E-state index contributed by atoms with van der Waals surface area (Å²) in [6, 6.07) is 6.23. The Balaban J connectivity index is 0.00000169. The van der Waals surface area contributed by atoms with E-state index in [9.17, 15) is 0 Å². The van der Waals surface area contributed by atoms with Crippen LogP contribution in [0.2, 0.25) is 0 Å². The molecule has 0 unspecified atom stereocenters. The molecule has 0 fully saturated rings. The third-order valence-electron chi connectivity index (χ3n) is 1.91. The molecular formula is C10H16ClNOS. The van der Waals surface area contributed by atoms with E-state index in [1.807, 2.05) is 0 Å². The van der Waals surface area contributed by atoms with Crippen molar-refractivity contribution >= 4 is 24.2 Å². The lowest BCUT2D eigenvalue weighted by atomic mass is 10.1. The van der Waals surface area contributed by atoms with Crippen LogP contribution in [0.4, 0.5) is 0 Å². The van der Waals surface area contributed by atoms with Gasteiger partial charge >= 0.3 is 0 Å². The van der Waals surface area contributed by atoms with Gasteiger partial charge in [-0.15, -0.1) is 24.2 Å². The van der Waals surface area contributed by atoms with E-state index in [-0.39, 0.29) is 12.4 Å². The van der Waals surface area contributed by atoms with Crippen LogP contribution >= 0.6 is 24.2 Å². The molecule has 0 saturated carbocycles. The molecule has 80 valence electrons. The van der Waals surface area contributed by atoms with E-state index in [0.717, 1.165) is 12.2 Å². The lowest BCUT2D eigenvalue weighted by molar-refractivity contribution is 0.408. The Kier molecular flexibility index (Phi) is 6.79. The monoisotopic (exact) mass is 233 g/mol. The van der Waals surface area contributed by atoms with E-state index in [4.69, 9.17) is 10.5 Å². The molecule has 1 aromatic rings. The maximum Gasteiger partial charge on any atom is 0.123 e. The van der Waals surface area contributed by atoms with Crippen molar-refractivity contribution in [1.82, 2.24) is 0 Å². The second-order valence-electron chi connectivity index (χ2n) is 2.72. The van der Waals surface area contributed by atoms with E-state index in [0.29, 0.717) is 6.54 Å². The first-order valence-corrected chi connectivity index (χ1v) is 5.45. The van der Waals surface area contributed by atoms with Crippen molar-refractivity contribution in [3.05, 3.63) is 23.8 Å². The quantitative estimate of drug-likeness (QED) is 0.811. The molecule has 4 heteroatoms. The van der Waals surface area contributed by atoms with Crippen LogP contribution in [0.15, 0.2) is 23.1 Å². The highest BCUT2D eigenvalue weighted by atomic mass is 35.5. The standard InChI is InChI=1S/C10H15NOS.ClH/c1-12-10-7-9(13-2)4-3-8(10)5-6-11;/h3-4,7H,5-6,11H2,1-2H3;1H. The lowest BCUT2D eigenvalue weighted by Crippen LogP contribution is -2.04. The molecule has 0 radical (unpaired) electrons. The Hall–Kier alpha value is -0.380. The molecule has 0 aliphatic heterocycles. The van der Waals surface area contributed by atoms with Gasteiger partial charge in [-0.3, -0.25) is 0 Å². The predicted molar refractivity (Wildman–Crippen MR) is 64.8 cm³/mol. The van der Waals surface area contributed by atoms with Gasteiger partial charge in [0.2, 0.25) is 0 Å². The fraction of sp³-hybridized carbons (Fsp3) is 0.400. The second kappa shape index (κ2) is 6.98. The first-order valence-electron chi connectivity index (χ1n) is 4.22. The summed E-state index contributed by atoms with van der Waals surface area (Å²) in [6.07, 6.45) is 2.93. The van der Waals surface area contributed by atoms with E-state index in [1.54, 1.807) is 18.9 Å². The van der Waals surface area contributed by atoms with Gasteiger partial charge in [-0.05, 0) is 36.9 Å². The lowest BCUT2D eigenvalue weighted by Gasteiger charge is -2.08. The first kappa shape index (κ1) is 13.6. The molecule has 2 nitrogen and oxygen atoms in total. The van der Waals surface area contributed by atoms with Crippen LogP contribution in [0.3, 0.4) is 0 Å². The highest BCUT2D eigenvalue weighted by molar-refractivity contribution is 7.98. The number of methoxy groups -OCH3 is 1. The number of nitrogens with two attached hydrogens (primary N) is 1. The largest absolute Gasteiger partial charge is 0.496 e. The summed E-state index contributed by atoms with van der Waals surface area (Å²) >= 11 is 1.71.